The van der Waals surface area contributed by atoms with Gasteiger partial charge in [-0.3, -0.25) is 0 Å². The molecule has 0 saturated carbocycles. The summed E-state index contributed by atoms with van der Waals surface area (Å²) in [6.07, 6.45) is 0. The third kappa shape index (κ3) is 2.82. The maximum atomic E-state index is 8.62. The first-order chi connectivity index (χ1) is 9.02. The van der Waals surface area contributed by atoms with E-state index in [0.29, 0.717) is 10.6 Å². The Bertz CT molecular complexity index is 640. The molecule has 0 radical (unpaired) electrons. The first-order valence-electron chi connectivity index (χ1n) is 5.34. The summed E-state index contributed by atoms with van der Waals surface area (Å²) < 4.78 is 1.87. The van der Waals surface area contributed by atoms with Gasteiger partial charge in [0.05, 0.1) is 5.02 Å². The summed E-state index contributed by atoms with van der Waals surface area (Å²) in [7, 11) is 1.89. The number of oxime groups is 1. The summed E-state index contributed by atoms with van der Waals surface area (Å²) in [5.41, 5.74) is 6.06. The standard InChI is InChI=1S/C11H12ClN5OS/c1-6-14-15-11(17(6)2)19-9-4-3-7(5-8(9)12)10(13)16-18/h3-5,18H,1-2H3,(H2,13,16). The van der Waals surface area contributed by atoms with Crippen LogP contribution in [-0.4, -0.2) is 25.8 Å². The molecule has 0 unspecified atom stereocenters. The molecule has 0 bridgehead atoms. The highest BCUT2D eigenvalue weighted by atomic mass is 35.5. The zero-order valence-electron chi connectivity index (χ0n) is 10.3. The number of amidine groups is 1. The lowest BCUT2D eigenvalue weighted by molar-refractivity contribution is 0.318. The van der Waals surface area contributed by atoms with Crippen LogP contribution in [0.5, 0.6) is 0 Å². The van der Waals surface area contributed by atoms with Gasteiger partial charge in [0.25, 0.3) is 0 Å². The maximum Gasteiger partial charge on any atom is 0.195 e. The first kappa shape index (κ1) is 13.7. The fourth-order valence-electron chi connectivity index (χ4n) is 1.38. The highest BCUT2D eigenvalue weighted by molar-refractivity contribution is 7.99. The second kappa shape index (κ2) is 5.50. The van der Waals surface area contributed by atoms with Gasteiger partial charge in [0.15, 0.2) is 11.0 Å². The van der Waals surface area contributed by atoms with E-state index in [-0.39, 0.29) is 5.84 Å². The third-order valence-corrected chi connectivity index (χ3v) is 4.13. The molecule has 0 amide bonds. The molecule has 6 nitrogen and oxygen atoms in total. The van der Waals surface area contributed by atoms with Crippen LogP contribution in [0.1, 0.15) is 11.4 Å². The van der Waals surface area contributed by atoms with E-state index < -0.39 is 0 Å². The Morgan fingerprint density at radius 1 is 1.47 bits per heavy atom. The molecule has 19 heavy (non-hydrogen) atoms. The molecule has 1 heterocycles. The molecule has 0 fully saturated rings. The monoisotopic (exact) mass is 297 g/mol. The van der Waals surface area contributed by atoms with E-state index >= 15 is 0 Å². The Kier molecular flexibility index (Phi) is 3.96. The van der Waals surface area contributed by atoms with Crippen LogP contribution in [0.2, 0.25) is 5.02 Å². The number of hydrogen-bond donors (Lipinski definition) is 2. The number of benzene rings is 1. The molecule has 2 aromatic rings. The molecular formula is C11H12ClN5OS. The molecule has 1 aromatic carbocycles. The number of aryl methyl sites for hydroxylation is 1. The van der Waals surface area contributed by atoms with Gasteiger partial charge in [-0.1, -0.05) is 16.8 Å². The van der Waals surface area contributed by atoms with Crippen LogP contribution < -0.4 is 5.73 Å². The lowest BCUT2D eigenvalue weighted by atomic mass is 10.2. The Hall–Kier alpha value is -1.73. The maximum absolute atomic E-state index is 8.62. The Morgan fingerprint density at radius 3 is 2.74 bits per heavy atom. The van der Waals surface area contributed by atoms with Crippen LogP contribution in [0.4, 0.5) is 0 Å². The minimum atomic E-state index is 0.0213. The average Bonchev–Trinajstić information content (AvgIpc) is 2.72. The van der Waals surface area contributed by atoms with Gasteiger partial charge in [-0.25, -0.2) is 0 Å². The highest BCUT2D eigenvalue weighted by Crippen LogP contribution is 2.32. The van der Waals surface area contributed by atoms with Crippen molar-refractivity contribution in [2.24, 2.45) is 17.9 Å². The molecule has 0 aliphatic rings. The fraction of sp³-hybridized carbons (Fsp3) is 0.182. The second-order valence-electron chi connectivity index (χ2n) is 3.82. The molecule has 0 atom stereocenters. The van der Waals surface area contributed by atoms with E-state index in [2.05, 4.69) is 15.4 Å². The van der Waals surface area contributed by atoms with Crippen LogP contribution in [0.15, 0.2) is 33.4 Å². The van der Waals surface area contributed by atoms with Gasteiger partial charge in [-0.2, -0.15) is 0 Å². The Labute approximate surface area is 119 Å². The van der Waals surface area contributed by atoms with E-state index in [1.165, 1.54) is 11.8 Å². The molecule has 100 valence electrons. The van der Waals surface area contributed by atoms with Crippen molar-refractivity contribution in [3.63, 3.8) is 0 Å². The fourth-order valence-corrected chi connectivity index (χ4v) is 2.51. The van der Waals surface area contributed by atoms with Crippen molar-refractivity contribution < 1.29 is 5.21 Å². The van der Waals surface area contributed by atoms with Gasteiger partial charge >= 0.3 is 0 Å². The Morgan fingerprint density at radius 2 is 2.21 bits per heavy atom. The van der Waals surface area contributed by atoms with Gasteiger partial charge in [0.2, 0.25) is 0 Å². The quantitative estimate of drug-likeness (QED) is 0.391. The highest BCUT2D eigenvalue weighted by Gasteiger charge is 2.11. The van der Waals surface area contributed by atoms with Crippen molar-refractivity contribution in [3.8, 4) is 0 Å². The first-order valence-corrected chi connectivity index (χ1v) is 6.53. The molecule has 0 spiro atoms. The van der Waals surface area contributed by atoms with Crippen LogP contribution >= 0.6 is 23.4 Å². The normalized spacial score (nSPS) is 11.8. The summed E-state index contributed by atoms with van der Waals surface area (Å²) in [6.45, 7) is 1.88. The van der Waals surface area contributed by atoms with Crippen LogP contribution in [0.3, 0.4) is 0 Å². The molecule has 3 N–H and O–H groups in total. The molecule has 1 aromatic heterocycles. The van der Waals surface area contributed by atoms with Crippen LogP contribution in [0, 0.1) is 6.92 Å². The van der Waals surface area contributed by atoms with Crippen molar-refractivity contribution in [1.82, 2.24) is 14.8 Å². The number of hydrogen-bond acceptors (Lipinski definition) is 5. The lowest BCUT2D eigenvalue weighted by Crippen LogP contribution is -2.12. The van der Waals surface area contributed by atoms with Crippen LogP contribution in [-0.2, 0) is 7.05 Å². The molecule has 8 heteroatoms. The van der Waals surface area contributed by atoms with Gasteiger partial charge in [0, 0.05) is 17.5 Å². The van der Waals surface area contributed by atoms with E-state index in [1.54, 1.807) is 18.2 Å². The van der Waals surface area contributed by atoms with Crippen molar-refractivity contribution in [3.05, 3.63) is 34.6 Å². The van der Waals surface area contributed by atoms with E-state index in [9.17, 15) is 0 Å². The van der Waals surface area contributed by atoms with Crippen LogP contribution in [0.25, 0.3) is 0 Å². The van der Waals surface area contributed by atoms with Crippen molar-refractivity contribution >= 4 is 29.2 Å². The van der Waals surface area contributed by atoms with Crippen molar-refractivity contribution in [2.75, 3.05) is 0 Å². The second-order valence-corrected chi connectivity index (χ2v) is 5.24. The number of rotatable bonds is 3. The topological polar surface area (TPSA) is 89.3 Å². The predicted octanol–water partition coefficient (Wildman–Crippen LogP) is 2.02. The van der Waals surface area contributed by atoms with Gasteiger partial charge in [-0.05, 0) is 36.9 Å². The number of halogens is 1. The lowest BCUT2D eigenvalue weighted by Gasteiger charge is -2.06. The Balaban J connectivity index is 2.30. The van der Waals surface area contributed by atoms with Crippen molar-refractivity contribution in [1.29, 1.82) is 0 Å². The minimum absolute atomic E-state index is 0.0213. The SMILES string of the molecule is Cc1nnc(Sc2ccc(C(N)=NO)cc2Cl)n1C. The minimum Gasteiger partial charge on any atom is -0.409 e. The number of aromatic nitrogens is 3. The van der Waals surface area contributed by atoms with Gasteiger partial charge in [-0.15, -0.1) is 10.2 Å². The van der Waals surface area contributed by atoms with Crippen molar-refractivity contribution in [2.45, 2.75) is 17.0 Å². The van der Waals surface area contributed by atoms with Gasteiger partial charge in [0.1, 0.15) is 5.82 Å². The molecule has 0 aliphatic carbocycles. The van der Waals surface area contributed by atoms with E-state index in [4.69, 9.17) is 22.5 Å². The summed E-state index contributed by atoms with van der Waals surface area (Å²) in [6, 6.07) is 5.17. The largest absolute Gasteiger partial charge is 0.409 e. The molecule has 2 rings (SSSR count). The van der Waals surface area contributed by atoms with E-state index in [0.717, 1.165) is 15.9 Å². The smallest absolute Gasteiger partial charge is 0.195 e. The molecule has 0 saturated heterocycles. The van der Waals surface area contributed by atoms with Gasteiger partial charge < -0.3 is 15.5 Å². The van der Waals surface area contributed by atoms with E-state index in [1.807, 2.05) is 18.5 Å². The number of nitrogens with two attached hydrogens (primary N) is 1. The third-order valence-electron chi connectivity index (χ3n) is 2.59. The number of nitrogens with zero attached hydrogens (tertiary/aromatic N) is 4. The summed E-state index contributed by atoms with van der Waals surface area (Å²) >= 11 is 7.57. The summed E-state index contributed by atoms with van der Waals surface area (Å²) in [4.78, 5) is 0.826. The molecular weight excluding hydrogens is 286 g/mol. The predicted molar refractivity (Wildman–Crippen MR) is 73.8 cm³/mol. The molecule has 0 aliphatic heterocycles. The summed E-state index contributed by atoms with van der Waals surface area (Å²) in [5, 5.41) is 20.8. The zero-order valence-corrected chi connectivity index (χ0v) is 11.9. The average molecular weight is 298 g/mol. The zero-order chi connectivity index (χ0) is 14.0. The summed E-state index contributed by atoms with van der Waals surface area (Å²) in [5.74, 6) is 0.847.